The number of nitrogens with one attached hydrogen (secondary N) is 1. The molecule has 150 valence electrons. The lowest BCUT2D eigenvalue weighted by Gasteiger charge is -2.13. The van der Waals surface area contributed by atoms with Gasteiger partial charge in [0.15, 0.2) is 0 Å². The summed E-state index contributed by atoms with van der Waals surface area (Å²) in [6.45, 7) is 3.90. The number of aryl methyl sites for hydroxylation is 2. The number of sulfonamides is 1. The van der Waals surface area contributed by atoms with Crippen LogP contribution in [0.2, 0.25) is 5.02 Å². The molecule has 0 aliphatic heterocycles. The Morgan fingerprint density at radius 3 is 2.34 bits per heavy atom. The number of halogens is 1. The standard InChI is InChI=1S/C21H19ClN2O4S/c1-13-6-4-7-14(2)20(13)18-11-16(22)12-19(23-18)24-29(26,27)17-9-5-8-15(10-17)21(25)28-3/h4-12H,1-3H3,(H,23,24). The van der Waals surface area contributed by atoms with Crippen LogP contribution in [0.1, 0.15) is 21.5 Å². The van der Waals surface area contributed by atoms with E-state index in [0.29, 0.717) is 10.7 Å². The largest absolute Gasteiger partial charge is 0.465 e. The third-order valence-electron chi connectivity index (χ3n) is 4.33. The summed E-state index contributed by atoms with van der Waals surface area (Å²) in [6.07, 6.45) is 0. The molecular weight excluding hydrogens is 412 g/mol. The van der Waals surface area contributed by atoms with Crippen molar-refractivity contribution in [2.45, 2.75) is 18.7 Å². The first-order valence-corrected chi connectivity index (χ1v) is 10.5. The zero-order valence-corrected chi connectivity index (χ0v) is 17.6. The van der Waals surface area contributed by atoms with Crippen molar-refractivity contribution >= 4 is 33.4 Å². The SMILES string of the molecule is COC(=O)c1cccc(S(=O)(=O)Nc2cc(Cl)cc(-c3c(C)cccc3C)n2)c1. The molecule has 0 fully saturated rings. The van der Waals surface area contributed by atoms with Crippen LogP contribution in [0, 0.1) is 13.8 Å². The van der Waals surface area contributed by atoms with Crippen molar-refractivity contribution in [2.75, 3.05) is 11.8 Å². The van der Waals surface area contributed by atoms with E-state index >= 15 is 0 Å². The number of anilines is 1. The number of benzene rings is 2. The summed E-state index contributed by atoms with van der Waals surface area (Å²) in [7, 11) is -2.76. The highest BCUT2D eigenvalue weighted by molar-refractivity contribution is 7.92. The maximum atomic E-state index is 12.8. The molecule has 29 heavy (non-hydrogen) atoms. The Balaban J connectivity index is 2.00. The zero-order valence-electron chi connectivity index (χ0n) is 16.1. The summed E-state index contributed by atoms with van der Waals surface area (Å²) >= 11 is 6.23. The van der Waals surface area contributed by atoms with Crippen molar-refractivity contribution in [3.63, 3.8) is 0 Å². The van der Waals surface area contributed by atoms with Crippen LogP contribution in [0.4, 0.5) is 5.82 Å². The molecule has 2 aromatic carbocycles. The van der Waals surface area contributed by atoms with Gasteiger partial charge in [-0.2, -0.15) is 0 Å². The monoisotopic (exact) mass is 430 g/mol. The molecule has 1 aromatic heterocycles. The summed E-state index contributed by atoms with van der Waals surface area (Å²) in [5, 5.41) is 0.346. The second kappa shape index (κ2) is 8.23. The number of esters is 1. The van der Waals surface area contributed by atoms with Gasteiger partial charge in [0, 0.05) is 16.7 Å². The summed E-state index contributed by atoms with van der Waals surface area (Å²) in [4.78, 5) is 16.0. The van der Waals surface area contributed by atoms with E-state index in [1.165, 1.54) is 37.4 Å². The third-order valence-corrected chi connectivity index (χ3v) is 5.90. The number of carbonyl (C=O) groups is 1. The molecule has 1 N–H and O–H groups in total. The highest BCUT2D eigenvalue weighted by Crippen LogP contribution is 2.30. The summed E-state index contributed by atoms with van der Waals surface area (Å²) < 4.78 is 32.7. The molecule has 0 saturated heterocycles. The predicted molar refractivity (Wildman–Crippen MR) is 113 cm³/mol. The van der Waals surface area contributed by atoms with Gasteiger partial charge >= 0.3 is 5.97 Å². The van der Waals surface area contributed by atoms with Crippen LogP contribution < -0.4 is 4.72 Å². The fraction of sp³-hybridized carbons (Fsp3) is 0.143. The Bertz CT molecular complexity index is 1170. The van der Waals surface area contributed by atoms with Crippen LogP contribution in [0.25, 0.3) is 11.3 Å². The smallest absolute Gasteiger partial charge is 0.337 e. The van der Waals surface area contributed by atoms with Gasteiger partial charge < -0.3 is 4.74 Å². The Morgan fingerprint density at radius 2 is 1.69 bits per heavy atom. The predicted octanol–water partition coefficient (Wildman–Crippen LogP) is 4.61. The Labute approximate surface area is 174 Å². The number of rotatable bonds is 5. The molecule has 0 spiro atoms. The number of hydrogen-bond donors (Lipinski definition) is 1. The molecule has 3 aromatic rings. The molecular formula is C21H19ClN2O4S. The van der Waals surface area contributed by atoms with Gasteiger partial charge in [-0.05, 0) is 49.2 Å². The lowest BCUT2D eigenvalue weighted by atomic mass is 10.00. The van der Waals surface area contributed by atoms with Crippen molar-refractivity contribution in [2.24, 2.45) is 0 Å². The normalized spacial score (nSPS) is 11.2. The van der Waals surface area contributed by atoms with E-state index in [0.717, 1.165) is 16.7 Å². The van der Waals surface area contributed by atoms with Crippen LogP contribution in [-0.2, 0) is 14.8 Å². The van der Waals surface area contributed by atoms with E-state index in [2.05, 4.69) is 14.4 Å². The maximum absolute atomic E-state index is 12.8. The van der Waals surface area contributed by atoms with Gasteiger partial charge in [0.05, 0.1) is 23.3 Å². The van der Waals surface area contributed by atoms with Crippen molar-refractivity contribution in [1.82, 2.24) is 4.98 Å². The molecule has 0 saturated carbocycles. The van der Waals surface area contributed by atoms with Gasteiger partial charge in [0.1, 0.15) is 5.82 Å². The first-order chi connectivity index (χ1) is 13.7. The number of methoxy groups -OCH3 is 1. The van der Waals surface area contributed by atoms with Gasteiger partial charge in [-0.25, -0.2) is 18.2 Å². The molecule has 6 nitrogen and oxygen atoms in total. The molecule has 8 heteroatoms. The van der Waals surface area contributed by atoms with Crippen LogP contribution >= 0.6 is 11.6 Å². The summed E-state index contributed by atoms with van der Waals surface area (Å²) in [5.74, 6) is -0.543. The van der Waals surface area contributed by atoms with Gasteiger partial charge in [-0.3, -0.25) is 4.72 Å². The summed E-state index contributed by atoms with van der Waals surface area (Å²) in [5.41, 5.74) is 3.58. The topological polar surface area (TPSA) is 85.4 Å². The van der Waals surface area contributed by atoms with Crippen molar-refractivity contribution in [3.8, 4) is 11.3 Å². The van der Waals surface area contributed by atoms with E-state index in [9.17, 15) is 13.2 Å². The minimum Gasteiger partial charge on any atom is -0.465 e. The number of carbonyl (C=O) groups excluding carboxylic acids is 1. The zero-order chi connectivity index (χ0) is 21.2. The quantitative estimate of drug-likeness (QED) is 0.597. The van der Waals surface area contributed by atoms with Gasteiger partial charge in [0.2, 0.25) is 0 Å². The fourth-order valence-electron chi connectivity index (χ4n) is 3.00. The van der Waals surface area contributed by atoms with Gasteiger partial charge in [-0.1, -0.05) is 35.9 Å². The van der Waals surface area contributed by atoms with E-state index in [4.69, 9.17) is 11.6 Å². The van der Waals surface area contributed by atoms with Crippen molar-refractivity contribution in [1.29, 1.82) is 0 Å². The molecule has 0 unspecified atom stereocenters. The Hall–Kier alpha value is -2.90. The lowest BCUT2D eigenvalue weighted by molar-refractivity contribution is 0.0600. The Kier molecular flexibility index (Phi) is 5.91. The molecule has 0 bridgehead atoms. The van der Waals surface area contributed by atoms with Gasteiger partial charge in [-0.15, -0.1) is 0 Å². The maximum Gasteiger partial charge on any atom is 0.337 e. The first kappa shape index (κ1) is 20.8. The molecule has 0 aliphatic rings. The van der Waals surface area contributed by atoms with E-state index in [1.807, 2.05) is 32.0 Å². The average molecular weight is 431 g/mol. The number of pyridine rings is 1. The van der Waals surface area contributed by atoms with Gasteiger partial charge in [0.25, 0.3) is 10.0 Å². The van der Waals surface area contributed by atoms with Crippen LogP contribution in [-0.4, -0.2) is 26.5 Å². The fourth-order valence-corrected chi connectivity index (χ4v) is 4.24. The van der Waals surface area contributed by atoms with Crippen LogP contribution in [0.5, 0.6) is 0 Å². The molecule has 0 aliphatic carbocycles. The van der Waals surface area contributed by atoms with Crippen LogP contribution in [0.15, 0.2) is 59.5 Å². The first-order valence-electron chi connectivity index (χ1n) is 8.66. The summed E-state index contributed by atoms with van der Waals surface area (Å²) in [6, 6.07) is 14.5. The Morgan fingerprint density at radius 1 is 1.03 bits per heavy atom. The van der Waals surface area contributed by atoms with Crippen molar-refractivity contribution < 1.29 is 17.9 Å². The average Bonchev–Trinajstić information content (AvgIpc) is 2.66. The molecule has 3 rings (SSSR count). The number of ether oxygens (including phenoxy) is 1. The minimum absolute atomic E-state index is 0.0821. The molecule has 1 heterocycles. The number of nitrogens with zero attached hydrogens (tertiary/aromatic N) is 1. The highest BCUT2D eigenvalue weighted by Gasteiger charge is 2.19. The highest BCUT2D eigenvalue weighted by atomic mass is 35.5. The van der Waals surface area contributed by atoms with E-state index in [-0.39, 0.29) is 16.3 Å². The third kappa shape index (κ3) is 4.58. The second-order valence-corrected chi connectivity index (χ2v) is 8.57. The number of aromatic nitrogens is 1. The second-order valence-electron chi connectivity index (χ2n) is 6.45. The number of hydrogen-bond acceptors (Lipinski definition) is 5. The molecule has 0 amide bonds. The van der Waals surface area contributed by atoms with Crippen LogP contribution in [0.3, 0.4) is 0 Å². The van der Waals surface area contributed by atoms with E-state index < -0.39 is 16.0 Å². The molecule has 0 atom stereocenters. The minimum atomic E-state index is -3.99. The van der Waals surface area contributed by atoms with E-state index in [1.54, 1.807) is 6.07 Å². The lowest BCUT2D eigenvalue weighted by Crippen LogP contribution is -2.15. The molecule has 0 radical (unpaired) electrons. The van der Waals surface area contributed by atoms with Crippen molar-refractivity contribution in [3.05, 3.63) is 76.3 Å².